The lowest BCUT2D eigenvalue weighted by Crippen LogP contribution is -2.27. The van der Waals surface area contributed by atoms with Crippen molar-refractivity contribution in [2.45, 2.75) is 38.1 Å². The highest BCUT2D eigenvalue weighted by Crippen LogP contribution is 2.33. The van der Waals surface area contributed by atoms with E-state index in [9.17, 15) is 4.39 Å². The number of hydrogen-bond acceptors (Lipinski definition) is 5. The molecule has 2 aromatic heterocycles. The van der Waals surface area contributed by atoms with Crippen LogP contribution in [0, 0.1) is 0 Å². The van der Waals surface area contributed by atoms with Crippen molar-refractivity contribution in [3.63, 3.8) is 0 Å². The molecule has 2 atom stereocenters. The lowest BCUT2D eigenvalue weighted by molar-refractivity contribution is 0.303. The number of rotatable bonds is 2. The van der Waals surface area contributed by atoms with E-state index in [0.717, 1.165) is 25.1 Å². The second kappa shape index (κ2) is 5.03. The zero-order valence-corrected chi connectivity index (χ0v) is 12.3. The maximum atomic E-state index is 13.5. The van der Waals surface area contributed by atoms with E-state index in [1.54, 1.807) is 6.20 Å². The molecule has 0 aliphatic heterocycles. The lowest BCUT2D eigenvalue weighted by atomic mass is 9.99. The van der Waals surface area contributed by atoms with Crippen LogP contribution in [0.1, 0.15) is 11.4 Å². The monoisotopic (exact) mass is 321 g/mol. The van der Waals surface area contributed by atoms with Crippen molar-refractivity contribution in [3.05, 3.63) is 17.6 Å². The number of imidazole rings is 1. The van der Waals surface area contributed by atoms with E-state index in [0.29, 0.717) is 12.8 Å². The molecule has 1 unspecified atom stereocenters. The molecular formula is C10H9ClFN3S3. The third-order valence-electron chi connectivity index (χ3n) is 2.68. The summed E-state index contributed by atoms with van der Waals surface area (Å²) in [6.07, 6.45) is 1.49. The van der Waals surface area contributed by atoms with Crippen molar-refractivity contribution in [1.82, 2.24) is 15.0 Å². The fourth-order valence-electron chi connectivity index (χ4n) is 1.82. The third kappa shape index (κ3) is 2.54. The SMILES string of the molecule is FC1Cc2[nH]c(Sc3ncc(S)s3)nc2C[C@@H]1Cl. The van der Waals surface area contributed by atoms with Gasteiger partial charge in [0.25, 0.3) is 0 Å². The van der Waals surface area contributed by atoms with Crippen molar-refractivity contribution in [2.75, 3.05) is 0 Å². The molecule has 2 aromatic rings. The van der Waals surface area contributed by atoms with E-state index in [-0.39, 0.29) is 0 Å². The van der Waals surface area contributed by atoms with Crippen LogP contribution in [0.3, 0.4) is 0 Å². The van der Waals surface area contributed by atoms with Gasteiger partial charge in [-0.2, -0.15) is 0 Å². The van der Waals surface area contributed by atoms with Crippen molar-refractivity contribution in [2.24, 2.45) is 0 Å². The van der Waals surface area contributed by atoms with Crippen LogP contribution < -0.4 is 0 Å². The molecule has 0 fully saturated rings. The molecule has 0 bridgehead atoms. The molecule has 3 rings (SSSR count). The molecule has 18 heavy (non-hydrogen) atoms. The van der Waals surface area contributed by atoms with Crippen LogP contribution in [-0.2, 0) is 12.8 Å². The van der Waals surface area contributed by atoms with Gasteiger partial charge in [-0.1, -0.05) is 0 Å². The quantitative estimate of drug-likeness (QED) is 0.658. The first-order valence-corrected chi connectivity index (χ1v) is 7.82. The van der Waals surface area contributed by atoms with Gasteiger partial charge in [0.1, 0.15) is 6.17 Å². The molecule has 2 heterocycles. The van der Waals surface area contributed by atoms with Crippen molar-refractivity contribution in [1.29, 1.82) is 0 Å². The van der Waals surface area contributed by atoms with Gasteiger partial charge >= 0.3 is 0 Å². The molecule has 0 aromatic carbocycles. The molecule has 1 N–H and O–H groups in total. The minimum Gasteiger partial charge on any atom is -0.336 e. The average Bonchev–Trinajstić information content (AvgIpc) is 2.86. The molecule has 1 aliphatic rings. The van der Waals surface area contributed by atoms with Crippen LogP contribution in [0.5, 0.6) is 0 Å². The largest absolute Gasteiger partial charge is 0.336 e. The van der Waals surface area contributed by atoms with Gasteiger partial charge in [0.05, 0.1) is 21.5 Å². The Morgan fingerprint density at radius 3 is 3.11 bits per heavy atom. The first kappa shape index (κ1) is 12.8. The number of alkyl halides is 2. The summed E-state index contributed by atoms with van der Waals surface area (Å²) in [6, 6.07) is 0. The molecule has 0 saturated heterocycles. The average molecular weight is 322 g/mol. The highest BCUT2D eigenvalue weighted by molar-refractivity contribution is 8.01. The van der Waals surface area contributed by atoms with E-state index in [1.165, 1.54) is 23.1 Å². The van der Waals surface area contributed by atoms with Gasteiger partial charge in [-0.05, 0) is 11.8 Å². The van der Waals surface area contributed by atoms with Crippen LogP contribution in [0.4, 0.5) is 4.39 Å². The molecule has 8 heteroatoms. The van der Waals surface area contributed by atoms with Gasteiger partial charge < -0.3 is 4.98 Å². The normalized spacial score (nSPS) is 23.1. The number of nitrogens with zero attached hydrogens (tertiary/aromatic N) is 2. The Kier molecular flexibility index (Phi) is 3.57. The van der Waals surface area contributed by atoms with E-state index >= 15 is 0 Å². The highest BCUT2D eigenvalue weighted by atomic mass is 35.5. The summed E-state index contributed by atoms with van der Waals surface area (Å²) >= 11 is 13.0. The van der Waals surface area contributed by atoms with Crippen LogP contribution in [0.25, 0.3) is 0 Å². The van der Waals surface area contributed by atoms with E-state index in [1.807, 2.05) is 0 Å². The Bertz CT molecular complexity index is 543. The Morgan fingerprint density at radius 2 is 2.39 bits per heavy atom. The number of hydrogen-bond donors (Lipinski definition) is 2. The maximum Gasteiger partial charge on any atom is 0.172 e. The Hall–Kier alpha value is -0.240. The van der Waals surface area contributed by atoms with Crippen molar-refractivity contribution >= 4 is 47.3 Å². The summed E-state index contributed by atoms with van der Waals surface area (Å²) in [7, 11) is 0. The maximum absolute atomic E-state index is 13.5. The number of halogens is 2. The highest BCUT2D eigenvalue weighted by Gasteiger charge is 2.29. The number of thiol groups is 1. The van der Waals surface area contributed by atoms with Crippen LogP contribution >= 0.6 is 47.3 Å². The summed E-state index contributed by atoms with van der Waals surface area (Å²) in [6.45, 7) is 0. The molecule has 3 nitrogen and oxygen atoms in total. The Balaban J connectivity index is 1.81. The fourth-order valence-corrected chi connectivity index (χ4v) is 4.22. The van der Waals surface area contributed by atoms with E-state index in [4.69, 9.17) is 11.6 Å². The number of fused-ring (bicyclic) bond motifs is 1. The standard InChI is InChI=1S/C10H9ClFN3S3/c11-4-1-6-7(2-5(4)12)15-9(14-6)18-10-13-3-8(16)17-10/h3-5,16H,1-2H2,(H,14,15)/t4-,5?/m0/s1. The number of nitrogens with one attached hydrogen (secondary N) is 1. The Morgan fingerprint density at radius 1 is 1.56 bits per heavy atom. The van der Waals surface area contributed by atoms with Crippen LogP contribution in [-0.4, -0.2) is 26.5 Å². The smallest absolute Gasteiger partial charge is 0.172 e. The molecule has 0 amide bonds. The molecule has 1 aliphatic carbocycles. The number of H-pyrrole nitrogens is 1. The molecule has 96 valence electrons. The molecule has 0 saturated carbocycles. The zero-order chi connectivity index (χ0) is 12.7. The summed E-state index contributed by atoms with van der Waals surface area (Å²) in [5, 5.41) is 0.267. The fraction of sp³-hybridized carbons (Fsp3) is 0.400. The topological polar surface area (TPSA) is 41.6 Å². The number of aromatic amines is 1. The zero-order valence-electron chi connectivity index (χ0n) is 9.06. The molecular weight excluding hydrogens is 313 g/mol. The lowest BCUT2D eigenvalue weighted by Gasteiger charge is -2.19. The van der Waals surface area contributed by atoms with Crippen molar-refractivity contribution in [3.8, 4) is 0 Å². The Labute approximate surface area is 122 Å². The predicted molar refractivity (Wildman–Crippen MR) is 74.0 cm³/mol. The summed E-state index contributed by atoms with van der Waals surface area (Å²) < 4.78 is 15.2. The number of thiazole rings is 1. The third-order valence-corrected chi connectivity index (χ3v) is 5.26. The summed E-state index contributed by atoms with van der Waals surface area (Å²) in [4.78, 5) is 11.8. The predicted octanol–water partition coefficient (Wildman–Crippen LogP) is 3.35. The van der Waals surface area contributed by atoms with Gasteiger partial charge in [-0.3, -0.25) is 0 Å². The summed E-state index contributed by atoms with van der Waals surface area (Å²) in [5.41, 5.74) is 1.72. The summed E-state index contributed by atoms with van der Waals surface area (Å²) in [5.74, 6) is 0. The minimum absolute atomic E-state index is 0.312. The number of aromatic nitrogens is 3. The molecule has 0 radical (unpaired) electrons. The molecule has 0 spiro atoms. The first-order chi connectivity index (χ1) is 8.61. The van der Waals surface area contributed by atoms with Gasteiger partial charge in [0.2, 0.25) is 0 Å². The second-order valence-electron chi connectivity index (χ2n) is 3.97. The van der Waals surface area contributed by atoms with Crippen LogP contribution in [0.15, 0.2) is 19.9 Å². The van der Waals surface area contributed by atoms with E-state index in [2.05, 4.69) is 27.6 Å². The van der Waals surface area contributed by atoms with Crippen molar-refractivity contribution < 1.29 is 4.39 Å². The van der Waals surface area contributed by atoms with Gasteiger partial charge in [0.15, 0.2) is 9.50 Å². The second-order valence-corrected chi connectivity index (χ2v) is 7.59. The van der Waals surface area contributed by atoms with Crippen LogP contribution in [0.2, 0.25) is 0 Å². The van der Waals surface area contributed by atoms with Gasteiger partial charge in [-0.15, -0.1) is 35.6 Å². The van der Waals surface area contributed by atoms with Gasteiger partial charge in [-0.25, -0.2) is 14.4 Å². The first-order valence-electron chi connectivity index (χ1n) is 5.30. The van der Waals surface area contributed by atoms with E-state index < -0.39 is 11.5 Å². The van der Waals surface area contributed by atoms with Gasteiger partial charge in [0, 0.05) is 18.5 Å². The minimum atomic E-state index is -0.999.